The lowest BCUT2D eigenvalue weighted by molar-refractivity contribution is -0.260. The molecule has 1 amide bonds. The topological polar surface area (TPSA) is 61.4 Å². The van der Waals surface area contributed by atoms with Crippen LogP contribution >= 0.6 is 34.8 Å². The summed E-state index contributed by atoms with van der Waals surface area (Å²) < 4.78 is 78.0. The van der Waals surface area contributed by atoms with Crippen LogP contribution in [0.15, 0.2) is 30.3 Å². The monoisotopic (exact) mass is 536 g/mol. The Morgan fingerprint density at radius 1 is 1.00 bits per heavy atom. The molecule has 0 spiro atoms. The van der Waals surface area contributed by atoms with Gasteiger partial charge in [0.2, 0.25) is 11.5 Å². The Kier molecular flexibility index (Phi) is 8.43. The highest BCUT2D eigenvalue weighted by Crippen LogP contribution is 2.43. The number of amides is 1. The Hall–Kier alpha value is -1.88. The predicted molar refractivity (Wildman–Crippen MR) is 114 cm³/mol. The Morgan fingerprint density at radius 3 is 2.06 bits per heavy atom. The molecule has 0 unspecified atom stereocenters. The molecule has 0 aliphatic rings. The van der Waals surface area contributed by atoms with Crippen molar-refractivity contribution in [2.75, 3.05) is 11.9 Å². The summed E-state index contributed by atoms with van der Waals surface area (Å²) in [7, 11) is 0. The maximum atomic E-state index is 13.8. The second-order valence-corrected chi connectivity index (χ2v) is 8.37. The second-order valence-electron chi connectivity index (χ2n) is 7.18. The van der Waals surface area contributed by atoms with Crippen LogP contribution in [-0.2, 0) is 16.9 Å². The van der Waals surface area contributed by atoms with E-state index in [9.17, 15) is 36.2 Å². The van der Waals surface area contributed by atoms with Gasteiger partial charge in [0.25, 0.3) is 0 Å². The molecule has 0 fully saturated rings. The first-order chi connectivity index (χ1) is 15.0. The van der Waals surface area contributed by atoms with Crippen molar-refractivity contribution in [3.05, 3.63) is 62.1 Å². The van der Waals surface area contributed by atoms with Crippen LogP contribution in [0.2, 0.25) is 15.1 Å². The van der Waals surface area contributed by atoms with E-state index in [1.807, 2.05) is 0 Å². The van der Waals surface area contributed by atoms with Gasteiger partial charge < -0.3 is 15.7 Å². The molecule has 0 saturated heterocycles. The van der Waals surface area contributed by atoms with Crippen molar-refractivity contribution >= 4 is 46.4 Å². The van der Waals surface area contributed by atoms with Crippen LogP contribution in [0.1, 0.15) is 23.1 Å². The number of benzene rings is 2. The molecule has 3 N–H and O–H groups in total. The Balaban J connectivity index is 2.17. The quantitative estimate of drug-likeness (QED) is 0.284. The van der Waals surface area contributed by atoms with Gasteiger partial charge in [0, 0.05) is 12.2 Å². The van der Waals surface area contributed by atoms with Gasteiger partial charge in [-0.15, -0.1) is 0 Å². The molecule has 0 aliphatic heterocycles. The third kappa shape index (κ3) is 7.05. The number of anilines is 1. The minimum Gasteiger partial charge on any atom is -0.381 e. The summed E-state index contributed by atoms with van der Waals surface area (Å²) in [6, 6.07) is 5.93. The van der Waals surface area contributed by atoms with Crippen molar-refractivity contribution in [1.82, 2.24) is 5.32 Å². The average molecular weight is 538 g/mol. The summed E-state index contributed by atoms with van der Waals surface area (Å²) in [4.78, 5) is 11.3. The van der Waals surface area contributed by atoms with Gasteiger partial charge in [-0.25, -0.2) is 0 Å². The highest BCUT2D eigenvalue weighted by Gasteiger charge is 2.55. The smallest absolute Gasteiger partial charge is 0.381 e. The molecule has 0 aromatic heterocycles. The Morgan fingerprint density at radius 2 is 1.58 bits per heavy atom. The third-order valence-corrected chi connectivity index (χ3v) is 5.86. The molecule has 2 rings (SSSR count). The number of hydrogen-bond acceptors (Lipinski definition) is 3. The lowest BCUT2D eigenvalue weighted by Crippen LogP contribution is -2.47. The largest absolute Gasteiger partial charge is 0.423 e. The minimum atomic E-state index is -5.11. The molecular formula is C20H17Cl3F6N2O2. The number of aliphatic hydroxyl groups is 1. The van der Waals surface area contributed by atoms with Gasteiger partial charge in [-0.1, -0.05) is 40.9 Å². The van der Waals surface area contributed by atoms with E-state index in [1.54, 1.807) is 6.92 Å². The van der Waals surface area contributed by atoms with Crippen molar-refractivity contribution in [2.45, 2.75) is 37.8 Å². The Bertz CT molecular complexity index is 1010. The SMILES string of the molecule is Cc1cc(NC[C@@](O)(c2cc(Cl)c(Cl)c(Cl)c2)C(F)(F)F)ccc1CNC(=O)CC(F)(F)F. The molecule has 0 heterocycles. The molecule has 0 bridgehead atoms. The van der Waals surface area contributed by atoms with Crippen LogP contribution < -0.4 is 10.6 Å². The highest BCUT2D eigenvalue weighted by molar-refractivity contribution is 6.48. The van der Waals surface area contributed by atoms with Crippen LogP contribution in [0.25, 0.3) is 0 Å². The number of nitrogens with one attached hydrogen (secondary N) is 2. The van der Waals surface area contributed by atoms with Crippen LogP contribution in [-0.4, -0.2) is 29.9 Å². The third-order valence-electron chi connectivity index (χ3n) is 4.66. The van der Waals surface area contributed by atoms with Crippen LogP contribution in [0, 0.1) is 6.92 Å². The zero-order valence-corrected chi connectivity index (χ0v) is 19.0. The molecule has 0 radical (unpaired) electrons. The molecule has 182 valence electrons. The average Bonchev–Trinajstić information content (AvgIpc) is 2.66. The van der Waals surface area contributed by atoms with Crippen molar-refractivity contribution in [3.8, 4) is 0 Å². The number of aryl methyl sites for hydroxylation is 1. The van der Waals surface area contributed by atoms with E-state index in [0.29, 0.717) is 11.1 Å². The van der Waals surface area contributed by atoms with Gasteiger partial charge in [0.15, 0.2) is 0 Å². The van der Waals surface area contributed by atoms with Crippen molar-refractivity contribution in [2.24, 2.45) is 0 Å². The molecule has 0 aliphatic carbocycles. The van der Waals surface area contributed by atoms with Gasteiger partial charge in [-0.3, -0.25) is 4.79 Å². The standard InChI is InChI=1S/C20H17Cl3F6N2O2/c1-10-4-13(3-2-11(10)8-30-16(32)7-19(24,25)26)31-9-18(33,20(27,28)29)12-5-14(21)17(23)15(22)6-12/h2-6,31,33H,7-9H2,1H3,(H,30,32)/t18-/m1/s1. The molecule has 1 atom stereocenters. The van der Waals surface area contributed by atoms with Crippen LogP contribution in [0.3, 0.4) is 0 Å². The predicted octanol–water partition coefficient (Wildman–Crippen LogP) is 6.39. The van der Waals surface area contributed by atoms with Gasteiger partial charge in [-0.05, 0) is 47.9 Å². The number of carbonyl (C=O) groups excluding carboxylic acids is 1. The van der Waals surface area contributed by atoms with E-state index in [2.05, 4.69) is 10.6 Å². The van der Waals surface area contributed by atoms with Gasteiger partial charge in [-0.2, -0.15) is 26.3 Å². The van der Waals surface area contributed by atoms with E-state index in [-0.39, 0.29) is 27.3 Å². The molecule has 33 heavy (non-hydrogen) atoms. The maximum absolute atomic E-state index is 13.8. The fraction of sp³-hybridized carbons (Fsp3) is 0.350. The highest BCUT2D eigenvalue weighted by atomic mass is 35.5. The summed E-state index contributed by atoms with van der Waals surface area (Å²) in [6.07, 6.45) is -11.4. The van der Waals surface area contributed by atoms with E-state index in [1.165, 1.54) is 18.2 Å². The lowest BCUT2D eigenvalue weighted by atomic mass is 9.92. The second kappa shape index (κ2) is 10.2. The van der Waals surface area contributed by atoms with E-state index in [0.717, 1.165) is 12.1 Å². The summed E-state index contributed by atoms with van der Waals surface area (Å²) >= 11 is 17.4. The lowest BCUT2D eigenvalue weighted by Gasteiger charge is -2.32. The van der Waals surface area contributed by atoms with E-state index >= 15 is 0 Å². The number of alkyl halides is 6. The maximum Gasteiger partial charge on any atom is 0.423 e. The summed E-state index contributed by atoms with van der Waals surface area (Å²) in [5.41, 5.74) is -2.86. The number of carbonyl (C=O) groups is 1. The zero-order chi connectivity index (χ0) is 25.2. The molecule has 13 heteroatoms. The fourth-order valence-corrected chi connectivity index (χ4v) is 3.43. The summed E-state index contributed by atoms with van der Waals surface area (Å²) in [5, 5.41) is 14.4. The first kappa shape index (κ1) is 27.4. The number of halogens is 9. The fourth-order valence-electron chi connectivity index (χ4n) is 2.83. The van der Waals surface area contributed by atoms with E-state index in [4.69, 9.17) is 34.8 Å². The molecule has 2 aromatic carbocycles. The number of rotatable bonds is 7. The first-order valence-electron chi connectivity index (χ1n) is 9.14. The van der Waals surface area contributed by atoms with Gasteiger partial charge in [0.1, 0.15) is 6.42 Å². The summed E-state index contributed by atoms with van der Waals surface area (Å²) in [5.74, 6) is -1.21. The summed E-state index contributed by atoms with van der Waals surface area (Å²) in [6.45, 7) is 0.353. The van der Waals surface area contributed by atoms with E-state index < -0.39 is 42.4 Å². The minimum absolute atomic E-state index is 0.159. The normalized spacial score (nSPS) is 14.0. The van der Waals surface area contributed by atoms with Gasteiger partial charge >= 0.3 is 12.4 Å². The molecular weight excluding hydrogens is 521 g/mol. The van der Waals surface area contributed by atoms with Crippen LogP contribution in [0.4, 0.5) is 32.0 Å². The van der Waals surface area contributed by atoms with Crippen molar-refractivity contribution < 1.29 is 36.2 Å². The van der Waals surface area contributed by atoms with Crippen molar-refractivity contribution in [1.29, 1.82) is 0 Å². The first-order valence-corrected chi connectivity index (χ1v) is 10.3. The van der Waals surface area contributed by atoms with Crippen LogP contribution in [0.5, 0.6) is 0 Å². The molecule has 0 saturated carbocycles. The molecule has 4 nitrogen and oxygen atoms in total. The zero-order valence-electron chi connectivity index (χ0n) is 16.8. The van der Waals surface area contributed by atoms with Gasteiger partial charge in [0.05, 0.1) is 21.6 Å². The number of hydrogen-bond donors (Lipinski definition) is 3. The van der Waals surface area contributed by atoms with Crippen molar-refractivity contribution in [3.63, 3.8) is 0 Å². The molecule has 2 aromatic rings. The Labute approximate surface area is 199 Å².